The molecular weight excluding hydrogens is 370 g/mol. The van der Waals surface area contributed by atoms with Crippen LogP contribution in [0, 0.1) is 4.77 Å². The van der Waals surface area contributed by atoms with Crippen molar-refractivity contribution in [2.24, 2.45) is 0 Å². The van der Waals surface area contributed by atoms with Gasteiger partial charge in [-0.15, -0.1) is 0 Å². The van der Waals surface area contributed by atoms with Gasteiger partial charge in [-0.1, -0.05) is 30.3 Å². The largest absolute Gasteiger partial charge is 0.492 e. The molecule has 6 nitrogen and oxygen atoms in total. The van der Waals surface area contributed by atoms with Gasteiger partial charge >= 0.3 is 0 Å². The highest BCUT2D eigenvalue weighted by Gasteiger charge is 2.21. The Morgan fingerprint density at radius 1 is 1.00 bits per heavy atom. The number of rotatable bonds is 6. The molecule has 4 rings (SSSR count). The van der Waals surface area contributed by atoms with Crippen LogP contribution in [0.2, 0.25) is 0 Å². The van der Waals surface area contributed by atoms with Gasteiger partial charge in [0.2, 0.25) is 0 Å². The predicted octanol–water partition coefficient (Wildman–Crippen LogP) is 3.65. The van der Waals surface area contributed by atoms with Gasteiger partial charge in [0.05, 0.1) is 18.8 Å². The van der Waals surface area contributed by atoms with E-state index in [-0.39, 0.29) is 0 Å². The van der Waals surface area contributed by atoms with Crippen LogP contribution in [0.4, 0.5) is 5.69 Å². The van der Waals surface area contributed by atoms with Crippen molar-refractivity contribution in [2.75, 3.05) is 37.7 Å². The second-order valence-electron chi connectivity index (χ2n) is 6.78. The third kappa shape index (κ3) is 3.95. The summed E-state index contributed by atoms with van der Waals surface area (Å²) in [6, 6.07) is 18.4. The number of aromatic nitrogens is 3. The average molecular weight is 396 g/mol. The van der Waals surface area contributed by atoms with Crippen LogP contribution in [-0.4, -0.2) is 52.5 Å². The Bertz CT molecular complexity index is 960. The highest BCUT2D eigenvalue weighted by atomic mass is 32.1. The molecule has 0 amide bonds. The van der Waals surface area contributed by atoms with Gasteiger partial charge in [-0.2, -0.15) is 5.10 Å². The van der Waals surface area contributed by atoms with E-state index in [1.165, 1.54) is 5.69 Å². The standard InChI is InChI=1S/C21H25N5OS/c1-2-27-19-11-7-6-10-18(19)25-14-12-24(13-15-25)16-20-22-23-21(28)26(20)17-8-4-3-5-9-17/h3-11H,2,12-16H2,1H3,(H,23,28). The molecule has 0 atom stereocenters. The van der Waals surface area contributed by atoms with Crippen LogP contribution in [0.5, 0.6) is 5.75 Å². The molecule has 0 unspecified atom stereocenters. The normalized spacial score (nSPS) is 15.0. The first-order chi connectivity index (χ1) is 13.8. The van der Waals surface area contributed by atoms with Gasteiger partial charge in [0, 0.05) is 31.9 Å². The van der Waals surface area contributed by atoms with Crippen LogP contribution in [0.15, 0.2) is 54.6 Å². The number of para-hydroxylation sites is 3. The highest BCUT2D eigenvalue weighted by molar-refractivity contribution is 7.71. The highest BCUT2D eigenvalue weighted by Crippen LogP contribution is 2.29. The fourth-order valence-electron chi connectivity index (χ4n) is 3.62. The lowest BCUT2D eigenvalue weighted by Crippen LogP contribution is -2.46. The number of nitrogens with zero attached hydrogens (tertiary/aromatic N) is 4. The van der Waals surface area contributed by atoms with Crippen molar-refractivity contribution in [3.05, 3.63) is 65.2 Å². The first-order valence-electron chi connectivity index (χ1n) is 9.67. The van der Waals surface area contributed by atoms with E-state index in [0.29, 0.717) is 11.4 Å². The maximum Gasteiger partial charge on any atom is 0.199 e. The minimum absolute atomic E-state index is 0.630. The minimum atomic E-state index is 0.630. The van der Waals surface area contributed by atoms with Crippen molar-refractivity contribution in [3.63, 3.8) is 0 Å². The molecule has 28 heavy (non-hydrogen) atoms. The summed E-state index contributed by atoms with van der Waals surface area (Å²) in [4.78, 5) is 4.82. The van der Waals surface area contributed by atoms with Crippen molar-refractivity contribution < 1.29 is 4.74 Å². The zero-order valence-corrected chi connectivity index (χ0v) is 16.9. The van der Waals surface area contributed by atoms with Crippen LogP contribution in [0.3, 0.4) is 0 Å². The van der Waals surface area contributed by atoms with Crippen LogP contribution in [-0.2, 0) is 6.54 Å². The van der Waals surface area contributed by atoms with Gasteiger partial charge in [-0.25, -0.2) is 0 Å². The molecule has 2 heterocycles. The SMILES string of the molecule is CCOc1ccccc1N1CCN(Cc2n[nH]c(=S)n2-c2ccccc2)CC1. The Balaban J connectivity index is 1.44. The topological polar surface area (TPSA) is 49.3 Å². The van der Waals surface area contributed by atoms with E-state index >= 15 is 0 Å². The molecule has 1 fully saturated rings. The molecule has 0 saturated carbocycles. The first-order valence-corrected chi connectivity index (χ1v) is 10.1. The lowest BCUT2D eigenvalue weighted by molar-refractivity contribution is 0.241. The van der Waals surface area contributed by atoms with Gasteiger partial charge < -0.3 is 9.64 Å². The van der Waals surface area contributed by atoms with E-state index in [2.05, 4.69) is 44.3 Å². The molecule has 146 valence electrons. The van der Waals surface area contributed by atoms with Crippen molar-refractivity contribution >= 4 is 17.9 Å². The summed E-state index contributed by atoms with van der Waals surface area (Å²) in [6.45, 7) is 7.32. The molecule has 0 bridgehead atoms. The van der Waals surface area contributed by atoms with Gasteiger partial charge in [-0.3, -0.25) is 14.6 Å². The zero-order chi connectivity index (χ0) is 19.3. The van der Waals surface area contributed by atoms with Crippen LogP contribution in [0.25, 0.3) is 5.69 Å². The Morgan fingerprint density at radius 2 is 1.71 bits per heavy atom. The van der Waals surface area contributed by atoms with Crippen LogP contribution in [0.1, 0.15) is 12.7 Å². The number of H-pyrrole nitrogens is 1. The second kappa shape index (κ2) is 8.58. The molecule has 0 spiro atoms. The Labute approximate surface area is 170 Å². The summed E-state index contributed by atoms with van der Waals surface area (Å²) in [6.07, 6.45) is 0. The molecule has 1 N–H and O–H groups in total. The summed E-state index contributed by atoms with van der Waals surface area (Å²) in [5.41, 5.74) is 2.22. The number of nitrogens with one attached hydrogen (secondary N) is 1. The number of ether oxygens (including phenoxy) is 1. The Morgan fingerprint density at radius 3 is 2.46 bits per heavy atom. The van der Waals surface area contributed by atoms with Crippen molar-refractivity contribution in [2.45, 2.75) is 13.5 Å². The van der Waals surface area contributed by atoms with E-state index in [1.54, 1.807) is 0 Å². The third-order valence-electron chi connectivity index (χ3n) is 5.00. The molecule has 3 aromatic rings. The molecule has 1 aromatic heterocycles. The lowest BCUT2D eigenvalue weighted by atomic mass is 10.2. The third-order valence-corrected chi connectivity index (χ3v) is 5.27. The molecule has 1 aliphatic heterocycles. The van der Waals surface area contributed by atoms with Crippen molar-refractivity contribution in [3.8, 4) is 11.4 Å². The van der Waals surface area contributed by atoms with Crippen LogP contribution < -0.4 is 9.64 Å². The van der Waals surface area contributed by atoms with Gasteiger partial charge in [0.15, 0.2) is 4.77 Å². The fraction of sp³-hybridized carbons (Fsp3) is 0.333. The van der Waals surface area contributed by atoms with Crippen molar-refractivity contribution in [1.29, 1.82) is 0 Å². The van der Waals surface area contributed by atoms with E-state index in [1.807, 2.05) is 41.8 Å². The van der Waals surface area contributed by atoms with Crippen LogP contribution >= 0.6 is 12.2 Å². The summed E-state index contributed by atoms with van der Waals surface area (Å²) >= 11 is 5.45. The number of piperazine rings is 1. The Hall–Kier alpha value is -2.64. The zero-order valence-electron chi connectivity index (χ0n) is 16.0. The number of hydrogen-bond acceptors (Lipinski definition) is 5. The van der Waals surface area contributed by atoms with Gasteiger partial charge in [0.25, 0.3) is 0 Å². The molecule has 1 saturated heterocycles. The smallest absolute Gasteiger partial charge is 0.199 e. The first kappa shape index (κ1) is 18.7. The molecule has 7 heteroatoms. The summed E-state index contributed by atoms with van der Waals surface area (Å²) < 4.78 is 8.45. The van der Waals surface area contributed by atoms with Gasteiger partial charge in [-0.05, 0) is 43.4 Å². The average Bonchev–Trinajstić information content (AvgIpc) is 3.10. The molecule has 0 radical (unpaired) electrons. The molecule has 2 aromatic carbocycles. The second-order valence-corrected chi connectivity index (χ2v) is 7.17. The lowest BCUT2D eigenvalue weighted by Gasteiger charge is -2.36. The van der Waals surface area contributed by atoms with E-state index < -0.39 is 0 Å². The molecule has 1 aliphatic rings. The number of anilines is 1. The van der Waals surface area contributed by atoms with Gasteiger partial charge in [0.1, 0.15) is 11.6 Å². The summed E-state index contributed by atoms with van der Waals surface area (Å²) in [5.74, 6) is 1.91. The Kier molecular flexibility index (Phi) is 5.73. The van der Waals surface area contributed by atoms with E-state index in [4.69, 9.17) is 17.0 Å². The van der Waals surface area contributed by atoms with E-state index in [9.17, 15) is 0 Å². The monoisotopic (exact) mass is 395 g/mol. The number of hydrogen-bond donors (Lipinski definition) is 1. The summed E-state index contributed by atoms with van der Waals surface area (Å²) in [7, 11) is 0. The number of aromatic amines is 1. The predicted molar refractivity (Wildman–Crippen MR) is 114 cm³/mol. The summed E-state index contributed by atoms with van der Waals surface area (Å²) in [5, 5.41) is 7.42. The number of benzene rings is 2. The maximum absolute atomic E-state index is 5.80. The van der Waals surface area contributed by atoms with Crippen molar-refractivity contribution in [1.82, 2.24) is 19.7 Å². The van der Waals surface area contributed by atoms with E-state index in [0.717, 1.165) is 50.0 Å². The minimum Gasteiger partial charge on any atom is -0.492 e. The quantitative estimate of drug-likeness (QED) is 0.646. The fourth-order valence-corrected chi connectivity index (χ4v) is 3.88. The maximum atomic E-state index is 5.80. The molecule has 0 aliphatic carbocycles. The molecular formula is C21H25N5OS.